The zero-order chi connectivity index (χ0) is 15.8. The number of esters is 1. The molecule has 1 aromatic carbocycles. The van der Waals surface area contributed by atoms with Crippen molar-refractivity contribution >= 4 is 23.6 Å². The Balaban J connectivity index is 2.89. The van der Waals surface area contributed by atoms with Gasteiger partial charge in [-0.25, -0.2) is 0 Å². The molecule has 0 spiro atoms. The molecule has 0 saturated carbocycles. The van der Waals surface area contributed by atoms with Gasteiger partial charge in [0.2, 0.25) is 0 Å². The molecule has 4 nitrogen and oxygen atoms in total. The summed E-state index contributed by atoms with van der Waals surface area (Å²) >= 11 is 1.35. The minimum absolute atomic E-state index is 0.0944. The maximum atomic E-state index is 12.2. The Hall–Kier alpha value is -1.49. The van der Waals surface area contributed by atoms with Crippen LogP contribution in [-0.4, -0.2) is 30.8 Å². The molecule has 0 aliphatic carbocycles. The predicted octanol–water partition coefficient (Wildman–Crippen LogP) is 3.18. The number of aryl methyl sites for hydroxylation is 1. The van der Waals surface area contributed by atoms with Crippen molar-refractivity contribution in [1.82, 2.24) is 5.32 Å². The van der Waals surface area contributed by atoms with Gasteiger partial charge in [0.1, 0.15) is 5.25 Å². The molecular formula is C16H23NO3S. The molecule has 0 aromatic heterocycles. The number of benzene rings is 1. The van der Waals surface area contributed by atoms with Gasteiger partial charge in [0, 0.05) is 11.4 Å². The van der Waals surface area contributed by atoms with Crippen molar-refractivity contribution in [1.29, 1.82) is 0 Å². The van der Waals surface area contributed by atoms with Gasteiger partial charge in [0.25, 0.3) is 5.91 Å². The molecule has 1 amide bonds. The highest BCUT2D eigenvalue weighted by molar-refractivity contribution is 8.00. The minimum Gasteiger partial charge on any atom is -0.468 e. The van der Waals surface area contributed by atoms with Gasteiger partial charge in [-0.2, -0.15) is 0 Å². The average Bonchev–Trinajstić information content (AvgIpc) is 2.46. The maximum absolute atomic E-state index is 12.2. The van der Waals surface area contributed by atoms with Crippen LogP contribution >= 0.6 is 11.8 Å². The van der Waals surface area contributed by atoms with Gasteiger partial charge >= 0.3 is 5.97 Å². The second-order valence-electron chi connectivity index (χ2n) is 4.89. The summed E-state index contributed by atoms with van der Waals surface area (Å²) in [4.78, 5) is 24.6. The van der Waals surface area contributed by atoms with Crippen molar-refractivity contribution in [3.05, 3.63) is 29.3 Å². The first-order valence-electron chi connectivity index (χ1n) is 7.13. The highest BCUT2D eigenvalue weighted by Gasteiger charge is 2.19. The summed E-state index contributed by atoms with van der Waals surface area (Å²) in [6, 6.07) is 5.64. The van der Waals surface area contributed by atoms with Crippen LogP contribution in [0.25, 0.3) is 0 Å². The van der Waals surface area contributed by atoms with Crippen LogP contribution < -0.4 is 5.32 Å². The molecule has 1 atom stereocenters. The van der Waals surface area contributed by atoms with Crippen LogP contribution in [0, 0.1) is 6.92 Å². The Labute approximate surface area is 130 Å². The molecule has 1 N–H and O–H groups in total. The van der Waals surface area contributed by atoms with E-state index in [4.69, 9.17) is 4.74 Å². The lowest BCUT2D eigenvalue weighted by Crippen LogP contribution is -2.25. The molecule has 1 aromatic rings. The number of amides is 1. The second-order valence-corrected chi connectivity index (χ2v) is 6.27. The third-order valence-corrected chi connectivity index (χ3v) is 4.17. The molecule has 5 heteroatoms. The summed E-state index contributed by atoms with van der Waals surface area (Å²) in [6.07, 6.45) is 1.99. The molecule has 0 fully saturated rings. The first kappa shape index (κ1) is 17.6. The van der Waals surface area contributed by atoms with Gasteiger partial charge in [0.15, 0.2) is 0 Å². The zero-order valence-corrected chi connectivity index (χ0v) is 13.9. The Morgan fingerprint density at radius 3 is 2.71 bits per heavy atom. The average molecular weight is 309 g/mol. The summed E-state index contributed by atoms with van der Waals surface area (Å²) in [7, 11) is 1.37. The van der Waals surface area contributed by atoms with Crippen LogP contribution in [0.2, 0.25) is 0 Å². The van der Waals surface area contributed by atoms with Crippen LogP contribution in [0.4, 0.5) is 0 Å². The molecule has 0 bridgehead atoms. The Morgan fingerprint density at radius 1 is 1.38 bits per heavy atom. The number of ether oxygens (including phenoxy) is 1. The van der Waals surface area contributed by atoms with Crippen LogP contribution in [0.15, 0.2) is 23.1 Å². The van der Waals surface area contributed by atoms with Crippen LogP contribution in [-0.2, 0) is 9.53 Å². The van der Waals surface area contributed by atoms with E-state index in [9.17, 15) is 9.59 Å². The fraction of sp³-hybridized carbons (Fsp3) is 0.500. The van der Waals surface area contributed by atoms with E-state index in [0.29, 0.717) is 12.1 Å². The van der Waals surface area contributed by atoms with E-state index in [2.05, 4.69) is 12.2 Å². The van der Waals surface area contributed by atoms with Gasteiger partial charge in [-0.05, 0) is 38.0 Å². The Kier molecular flexibility index (Phi) is 7.29. The van der Waals surface area contributed by atoms with Crippen molar-refractivity contribution < 1.29 is 14.3 Å². The molecule has 0 heterocycles. The number of unbranched alkanes of at least 4 members (excludes halogenated alkanes) is 1. The van der Waals surface area contributed by atoms with Crippen molar-refractivity contribution in [3.63, 3.8) is 0 Å². The topological polar surface area (TPSA) is 55.4 Å². The van der Waals surface area contributed by atoms with Gasteiger partial charge in [0.05, 0.1) is 12.7 Å². The van der Waals surface area contributed by atoms with Gasteiger partial charge in [-0.3, -0.25) is 9.59 Å². The van der Waals surface area contributed by atoms with E-state index in [1.807, 2.05) is 25.1 Å². The summed E-state index contributed by atoms with van der Waals surface area (Å²) in [5, 5.41) is 2.56. The standard InChI is InChI=1S/C16H23NO3S/c1-5-6-9-17-15(18)13-8-7-11(2)10-14(13)21-12(3)16(19)20-4/h7-8,10,12H,5-6,9H2,1-4H3,(H,17,18). The molecule has 0 aliphatic heterocycles. The lowest BCUT2D eigenvalue weighted by Gasteiger charge is -2.13. The molecule has 1 unspecified atom stereocenters. The lowest BCUT2D eigenvalue weighted by molar-refractivity contribution is -0.139. The van der Waals surface area contributed by atoms with Gasteiger partial charge in [-0.1, -0.05) is 19.4 Å². The monoisotopic (exact) mass is 309 g/mol. The van der Waals surface area contributed by atoms with E-state index in [0.717, 1.165) is 23.3 Å². The molecular weight excluding hydrogens is 286 g/mol. The van der Waals surface area contributed by atoms with E-state index in [-0.39, 0.29) is 17.1 Å². The third kappa shape index (κ3) is 5.42. The van der Waals surface area contributed by atoms with Crippen molar-refractivity contribution in [2.75, 3.05) is 13.7 Å². The Morgan fingerprint density at radius 2 is 2.10 bits per heavy atom. The molecule has 0 radical (unpaired) electrons. The summed E-state index contributed by atoms with van der Waals surface area (Å²) in [6.45, 7) is 6.49. The maximum Gasteiger partial charge on any atom is 0.318 e. The van der Waals surface area contributed by atoms with Crippen LogP contribution in [0.3, 0.4) is 0 Å². The number of rotatable bonds is 7. The highest BCUT2D eigenvalue weighted by atomic mass is 32.2. The van der Waals surface area contributed by atoms with E-state index >= 15 is 0 Å². The van der Waals surface area contributed by atoms with Gasteiger partial charge in [-0.15, -0.1) is 11.8 Å². The molecule has 116 valence electrons. The van der Waals surface area contributed by atoms with Crippen LogP contribution in [0.5, 0.6) is 0 Å². The number of hydrogen-bond acceptors (Lipinski definition) is 4. The number of carbonyl (C=O) groups is 2. The van der Waals surface area contributed by atoms with Crippen molar-refractivity contribution in [2.45, 2.75) is 43.8 Å². The second kappa shape index (κ2) is 8.72. The summed E-state index contributed by atoms with van der Waals surface area (Å²) in [5.74, 6) is -0.387. The molecule has 21 heavy (non-hydrogen) atoms. The fourth-order valence-electron chi connectivity index (χ4n) is 1.79. The molecule has 0 aliphatic rings. The Bertz CT molecular complexity index is 502. The summed E-state index contributed by atoms with van der Waals surface area (Å²) in [5.41, 5.74) is 1.66. The molecule has 0 saturated heterocycles. The largest absolute Gasteiger partial charge is 0.468 e. The first-order chi connectivity index (χ1) is 9.99. The normalized spacial score (nSPS) is 11.8. The lowest BCUT2D eigenvalue weighted by atomic mass is 10.1. The number of thioether (sulfide) groups is 1. The highest BCUT2D eigenvalue weighted by Crippen LogP contribution is 2.28. The van der Waals surface area contributed by atoms with E-state index in [1.165, 1.54) is 18.9 Å². The fourth-order valence-corrected chi connectivity index (χ4v) is 2.91. The smallest absolute Gasteiger partial charge is 0.318 e. The quantitative estimate of drug-likeness (QED) is 0.477. The predicted molar refractivity (Wildman–Crippen MR) is 85.8 cm³/mol. The zero-order valence-electron chi connectivity index (χ0n) is 13.1. The van der Waals surface area contributed by atoms with E-state index < -0.39 is 0 Å². The summed E-state index contributed by atoms with van der Waals surface area (Å²) < 4.78 is 4.73. The van der Waals surface area contributed by atoms with Gasteiger partial charge < -0.3 is 10.1 Å². The van der Waals surface area contributed by atoms with Crippen molar-refractivity contribution in [3.8, 4) is 0 Å². The minimum atomic E-state index is -0.348. The van der Waals surface area contributed by atoms with Crippen LogP contribution in [0.1, 0.15) is 42.6 Å². The third-order valence-electron chi connectivity index (χ3n) is 3.03. The number of nitrogens with one attached hydrogen (secondary N) is 1. The number of methoxy groups -OCH3 is 1. The van der Waals surface area contributed by atoms with Crippen molar-refractivity contribution in [2.24, 2.45) is 0 Å². The SMILES string of the molecule is CCCCNC(=O)c1ccc(C)cc1SC(C)C(=O)OC. The first-order valence-corrected chi connectivity index (χ1v) is 8.00. The van der Waals surface area contributed by atoms with E-state index in [1.54, 1.807) is 6.92 Å². The molecule has 1 rings (SSSR count). The number of hydrogen-bond donors (Lipinski definition) is 1. The number of carbonyl (C=O) groups excluding carboxylic acids is 2.